The van der Waals surface area contributed by atoms with Gasteiger partial charge in [0, 0.05) is 34.2 Å². The van der Waals surface area contributed by atoms with E-state index in [1.807, 2.05) is 36.4 Å². The highest BCUT2D eigenvalue weighted by molar-refractivity contribution is 6.31. The fourth-order valence-corrected chi connectivity index (χ4v) is 2.94. The van der Waals surface area contributed by atoms with Gasteiger partial charge in [-0.3, -0.25) is 10.1 Å². The number of nitrogens with zero attached hydrogens (tertiary/aromatic N) is 2. The first kappa shape index (κ1) is 17.0. The fourth-order valence-electron chi connectivity index (χ4n) is 2.77. The molecule has 1 aromatic heterocycles. The molecular formula is C21H13ClN2O3. The van der Waals surface area contributed by atoms with Crippen molar-refractivity contribution in [1.82, 2.24) is 0 Å². The van der Waals surface area contributed by atoms with E-state index in [-0.39, 0.29) is 5.69 Å². The van der Waals surface area contributed by atoms with Crippen LogP contribution in [0.4, 0.5) is 11.4 Å². The second-order valence-electron chi connectivity index (χ2n) is 5.89. The van der Waals surface area contributed by atoms with Crippen LogP contribution in [0.25, 0.3) is 22.3 Å². The molecule has 0 aliphatic rings. The Morgan fingerprint density at radius 2 is 1.67 bits per heavy atom. The van der Waals surface area contributed by atoms with Gasteiger partial charge < -0.3 is 4.42 Å². The smallest absolute Gasteiger partial charge is 0.269 e. The van der Waals surface area contributed by atoms with Crippen molar-refractivity contribution in [2.24, 2.45) is 4.99 Å². The van der Waals surface area contributed by atoms with Crippen molar-refractivity contribution in [3.8, 4) is 11.3 Å². The Balaban J connectivity index is 1.94. The quantitative estimate of drug-likeness (QED) is 0.330. The van der Waals surface area contributed by atoms with Gasteiger partial charge in [0.05, 0.1) is 16.0 Å². The maximum absolute atomic E-state index is 10.8. The summed E-state index contributed by atoms with van der Waals surface area (Å²) in [6, 6.07) is 23.0. The minimum Gasteiger partial charge on any atom is -0.456 e. The largest absolute Gasteiger partial charge is 0.456 e. The Labute approximate surface area is 159 Å². The number of hydrogen-bond acceptors (Lipinski definition) is 4. The summed E-state index contributed by atoms with van der Waals surface area (Å²) in [5, 5.41) is 12.8. The zero-order chi connectivity index (χ0) is 18.8. The molecule has 0 saturated carbocycles. The van der Waals surface area contributed by atoms with Gasteiger partial charge in [-0.15, -0.1) is 0 Å². The molecule has 0 atom stereocenters. The van der Waals surface area contributed by atoms with E-state index in [2.05, 4.69) is 4.99 Å². The number of benzene rings is 3. The predicted molar refractivity (Wildman–Crippen MR) is 105 cm³/mol. The van der Waals surface area contributed by atoms with Crippen LogP contribution in [-0.4, -0.2) is 4.92 Å². The molecule has 0 aliphatic heterocycles. The minimum atomic E-state index is -0.437. The normalized spacial score (nSPS) is 11.7. The van der Waals surface area contributed by atoms with E-state index in [1.165, 1.54) is 12.1 Å². The SMILES string of the molecule is O=[N+]([O-])c1ccc(N=c2cc(-c3ccccc3)oc3ccc(Cl)cc23)cc1. The average Bonchev–Trinajstić information content (AvgIpc) is 2.69. The lowest BCUT2D eigenvalue weighted by Crippen LogP contribution is -2.03. The summed E-state index contributed by atoms with van der Waals surface area (Å²) >= 11 is 6.15. The molecule has 1 heterocycles. The van der Waals surface area contributed by atoms with Gasteiger partial charge in [0.25, 0.3) is 5.69 Å². The number of fused-ring (bicyclic) bond motifs is 1. The molecule has 0 fully saturated rings. The number of rotatable bonds is 3. The standard InChI is InChI=1S/C21H13ClN2O3/c22-15-6-11-20-18(12-15)19(13-21(27-20)14-4-2-1-3-5-14)23-16-7-9-17(10-8-16)24(25)26/h1-13H. The third-order valence-electron chi connectivity index (χ3n) is 4.07. The topological polar surface area (TPSA) is 68.6 Å². The second kappa shape index (κ2) is 7.05. The van der Waals surface area contributed by atoms with E-state index in [0.29, 0.717) is 27.4 Å². The van der Waals surface area contributed by atoms with Gasteiger partial charge in [0.15, 0.2) is 0 Å². The van der Waals surface area contributed by atoms with Crippen LogP contribution in [0.3, 0.4) is 0 Å². The molecule has 0 amide bonds. The monoisotopic (exact) mass is 376 g/mol. The highest BCUT2D eigenvalue weighted by Crippen LogP contribution is 2.25. The molecule has 0 radical (unpaired) electrons. The molecule has 0 aliphatic carbocycles. The van der Waals surface area contributed by atoms with Crippen molar-refractivity contribution in [2.75, 3.05) is 0 Å². The number of halogens is 1. The van der Waals surface area contributed by atoms with Crippen LogP contribution in [0.15, 0.2) is 88.3 Å². The fraction of sp³-hybridized carbons (Fsp3) is 0. The van der Waals surface area contributed by atoms with Crippen LogP contribution in [0.1, 0.15) is 0 Å². The van der Waals surface area contributed by atoms with E-state index in [0.717, 1.165) is 10.9 Å². The first-order valence-corrected chi connectivity index (χ1v) is 8.56. The molecule has 0 spiro atoms. The van der Waals surface area contributed by atoms with Gasteiger partial charge in [-0.2, -0.15) is 0 Å². The molecule has 27 heavy (non-hydrogen) atoms. The molecule has 4 aromatic rings. The summed E-state index contributed by atoms with van der Waals surface area (Å²) in [6.45, 7) is 0. The minimum absolute atomic E-state index is 0.0230. The highest BCUT2D eigenvalue weighted by atomic mass is 35.5. The summed E-state index contributed by atoms with van der Waals surface area (Å²) in [5.74, 6) is 0.672. The van der Waals surface area contributed by atoms with Crippen molar-refractivity contribution < 1.29 is 9.34 Å². The first-order valence-electron chi connectivity index (χ1n) is 8.18. The van der Waals surface area contributed by atoms with Gasteiger partial charge in [0.1, 0.15) is 11.3 Å². The Kier molecular flexibility index (Phi) is 4.44. The van der Waals surface area contributed by atoms with E-state index >= 15 is 0 Å². The molecule has 5 nitrogen and oxygen atoms in total. The number of hydrogen-bond donors (Lipinski definition) is 0. The molecule has 3 aromatic carbocycles. The van der Waals surface area contributed by atoms with Crippen LogP contribution < -0.4 is 5.36 Å². The summed E-state index contributed by atoms with van der Waals surface area (Å²) in [6.07, 6.45) is 0. The van der Waals surface area contributed by atoms with Crippen molar-refractivity contribution >= 4 is 33.9 Å². The predicted octanol–water partition coefficient (Wildman–Crippen LogP) is 5.89. The van der Waals surface area contributed by atoms with Gasteiger partial charge >= 0.3 is 0 Å². The van der Waals surface area contributed by atoms with Gasteiger partial charge in [-0.1, -0.05) is 41.9 Å². The van der Waals surface area contributed by atoms with Crippen molar-refractivity contribution in [3.63, 3.8) is 0 Å². The van der Waals surface area contributed by atoms with Crippen LogP contribution in [0, 0.1) is 10.1 Å². The Bertz CT molecular complexity index is 1200. The third-order valence-corrected chi connectivity index (χ3v) is 4.31. The second-order valence-corrected chi connectivity index (χ2v) is 6.32. The van der Waals surface area contributed by atoms with Gasteiger partial charge in [-0.25, -0.2) is 4.99 Å². The number of nitro benzene ring substituents is 1. The lowest BCUT2D eigenvalue weighted by molar-refractivity contribution is -0.384. The molecule has 4 rings (SSSR count). The number of nitro groups is 1. The average molecular weight is 377 g/mol. The Hall–Kier alpha value is -3.44. The maximum atomic E-state index is 10.8. The zero-order valence-electron chi connectivity index (χ0n) is 14.0. The Morgan fingerprint density at radius 3 is 2.37 bits per heavy atom. The van der Waals surface area contributed by atoms with Gasteiger partial charge in [0.2, 0.25) is 0 Å². The van der Waals surface area contributed by atoms with Crippen molar-refractivity contribution in [3.05, 3.63) is 99.4 Å². The van der Waals surface area contributed by atoms with Crippen LogP contribution in [0.5, 0.6) is 0 Å². The Morgan fingerprint density at radius 1 is 0.926 bits per heavy atom. The number of non-ortho nitro benzene ring substituents is 1. The zero-order valence-corrected chi connectivity index (χ0v) is 14.8. The highest BCUT2D eigenvalue weighted by Gasteiger charge is 2.08. The van der Waals surface area contributed by atoms with Crippen molar-refractivity contribution in [2.45, 2.75) is 0 Å². The summed E-state index contributed by atoms with van der Waals surface area (Å²) < 4.78 is 6.02. The summed E-state index contributed by atoms with van der Waals surface area (Å²) in [7, 11) is 0. The molecule has 132 valence electrons. The van der Waals surface area contributed by atoms with Crippen molar-refractivity contribution in [1.29, 1.82) is 0 Å². The van der Waals surface area contributed by atoms with E-state index in [9.17, 15) is 10.1 Å². The van der Waals surface area contributed by atoms with Crippen LogP contribution in [0.2, 0.25) is 5.02 Å². The summed E-state index contributed by atoms with van der Waals surface area (Å²) in [5.41, 5.74) is 2.21. The lowest BCUT2D eigenvalue weighted by atomic mass is 10.1. The lowest BCUT2D eigenvalue weighted by Gasteiger charge is -2.05. The van der Waals surface area contributed by atoms with Crippen LogP contribution >= 0.6 is 11.6 Å². The third kappa shape index (κ3) is 3.59. The van der Waals surface area contributed by atoms with E-state index in [1.54, 1.807) is 30.3 Å². The summed E-state index contributed by atoms with van der Waals surface area (Å²) in [4.78, 5) is 15.1. The molecule has 0 N–H and O–H groups in total. The first-order chi connectivity index (χ1) is 13.1. The molecular weight excluding hydrogens is 364 g/mol. The van der Waals surface area contributed by atoms with E-state index in [4.69, 9.17) is 16.0 Å². The van der Waals surface area contributed by atoms with Crippen LogP contribution in [-0.2, 0) is 0 Å². The molecule has 0 saturated heterocycles. The molecule has 0 unspecified atom stereocenters. The van der Waals surface area contributed by atoms with Gasteiger partial charge in [-0.05, 0) is 30.3 Å². The molecule has 0 bridgehead atoms. The molecule has 6 heteroatoms. The maximum Gasteiger partial charge on any atom is 0.269 e. The van der Waals surface area contributed by atoms with E-state index < -0.39 is 4.92 Å².